The van der Waals surface area contributed by atoms with Crippen LogP contribution in [0.3, 0.4) is 0 Å². The Hall–Kier alpha value is -3.26. The number of halogens is 1. The standard InChI is InChI=1S/C12H8FN7/c13-10-3-8(1-2-14)4-11(5-10)16-7-9(6-15)12-17-19-20-18-12/h3-5,7,16H,1H2,(H,17,18,19,20). The summed E-state index contributed by atoms with van der Waals surface area (Å²) in [6.07, 6.45) is 1.45. The maximum absolute atomic E-state index is 13.4. The van der Waals surface area contributed by atoms with E-state index >= 15 is 0 Å². The van der Waals surface area contributed by atoms with Crippen molar-refractivity contribution in [1.82, 2.24) is 20.6 Å². The van der Waals surface area contributed by atoms with Gasteiger partial charge in [0.15, 0.2) is 0 Å². The van der Waals surface area contributed by atoms with Crippen LogP contribution in [-0.2, 0) is 6.42 Å². The summed E-state index contributed by atoms with van der Waals surface area (Å²) in [5, 5.41) is 33.3. The summed E-state index contributed by atoms with van der Waals surface area (Å²) in [7, 11) is 0. The van der Waals surface area contributed by atoms with Crippen molar-refractivity contribution < 1.29 is 4.39 Å². The summed E-state index contributed by atoms with van der Waals surface area (Å²) in [5.74, 6) is -0.333. The van der Waals surface area contributed by atoms with Crippen LogP contribution < -0.4 is 5.32 Å². The molecule has 0 radical (unpaired) electrons. The van der Waals surface area contributed by atoms with E-state index in [2.05, 4.69) is 25.9 Å². The third-order valence-corrected chi connectivity index (χ3v) is 2.33. The molecule has 0 aliphatic heterocycles. The van der Waals surface area contributed by atoms with E-state index in [-0.39, 0.29) is 17.8 Å². The van der Waals surface area contributed by atoms with Crippen LogP contribution in [0.15, 0.2) is 24.4 Å². The van der Waals surface area contributed by atoms with E-state index in [1.165, 1.54) is 18.3 Å². The summed E-state index contributed by atoms with van der Waals surface area (Å²) in [4.78, 5) is 0. The van der Waals surface area contributed by atoms with Gasteiger partial charge in [-0.3, -0.25) is 0 Å². The zero-order valence-corrected chi connectivity index (χ0v) is 10.1. The minimum Gasteiger partial charge on any atom is -0.360 e. The van der Waals surface area contributed by atoms with Gasteiger partial charge < -0.3 is 5.32 Å². The lowest BCUT2D eigenvalue weighted by molar-refractivity contribution is 0.627. The van der Waals surface area contributed by atoms with E-state index in [0.717, 1.165) is 0 Å². The highest BCUT2D eigenvalue weighted by atomic mass is 19.1. The molecule has 0 amide bonds. The Morgan fingerprint density at radius 3 is 2.90 bits per heavy atom. The molecule has 0 spiro atoms. The van der Waals surface area contributed by atoms with Crippen molar-refractivity contribution in [3.63, 3.8) is 0 Å². The second-order valence-corrected chi connectivity index (χ2v) is 3.73. The lowest BCUT2D eigenvalue weighted by atomic mass is 10.1. The number of hydrogen-bond donors (Lipinski definition) is 2. The fourth-order valence-electron chi connectivity index (χ4n) is 1.51. The molecule has 8 heteroatoms. The van der Waals surface area contributed by atoms with Crippen LogP contribution in [-0.4, -0.2) is 20.6 Å². The molecule has 2 N–H and O–H groups in total. The Bertz CT molecular complexity index is 706. The van der Waals surface area contributed by atoms with E-state index in [1.807, 2.05) is 12.1 Å². The molecule has 0 aliphatic rings. The number of rotatable bonds is 4. The highest BCUT2D eigenvalue weighted by Gasteiger charge is 2.06. The van der Waals surface area contributed by atoms with Crippen molar-refractivity contribution in [2.75, 3.05) is 5.32 Å². The third kappa shape index (κ3) is 3.15. The predicted molar refractivity (Wildman–Crippen MR) is 67.1 cm³/mol. The van der Waals surface area contributed by atoms with Crippen LogP contribution in [0.5, 0.6) is 0 Å². The molecule has 98 valence electrons. The maximum atomic E-state index is 13.4. The highest BCUT2D eigenvalue weighted by molar-refractivity contribution is 5.74. The summed E-state index contributed by atoms with van der Waals surface area (Å²) in [6, 6.07) is 7.99. The second kappa shape index (κ2) is 6.07. The number of nitrogens with one attached hydrogen (secondary N) is 2. The van der Waals surface area contributed by atoms with Crippen molar-refractivity contribution in [2.45, 2.75) is 6.42 Å². The van der Waals surface area contributed by atoms with Gasteiger partial charge in [0.2, 0.25) is 5.82 Å². The molecule has 2 aromatic rings. The molecule has 7 nitrogen and oxygen atoms in total. The Labute approximate surface area is 113 Å². The van der Waals surface area contributed by atoms with Crippen molar-refractivity contribution in [3.05, 3.63) is 41.6 Å². The highest BCUT2D eigenvalue weighted by Crippen LogP contribution is 2.16. The summed E-state index contributed by atoms with van der Waals surface area (Å²) in [6.45, 7) is 0. The van der Waals surface area contributed by atoms with Crippen LogP contribution in [0, 0.1) is 28.5 Å². The van der Waals surface area contributed by atoms with E-state index < -0.39 is 5.82 Å². The third-order valence-electron chi connectivity index (χ3n) is 2.33. The van der Waals surface area contributed by atoms with Gasteiger partial charge in [-0.15, -0.1) is 10.2 Å². The molecule has 1 aromatic carbocycles. The van der Waals surface area contributed by atoms with Gasteiger partial charge in [0.1, 0.15) is 17.5 Å². The number of anilines is 1. The fraction of sp³-hybridized carbons (Fsp3) is 0.0833. The quantitative estimate of drug-likeness (QED) is 0.810. The SMILES string of the molecule is N#CCc1cc(F)cc(NC=C(C#N)c2nn[nH]n2)c1. The number of benzene rings is 1. The van der Waals surface area contributed by atoms with Crippen molar-refractivity contribution >= 4 is 11.3 Å². The van der Waals surface area contributed by atoms with Gasteiger partial charge in [0.25, 0.3) is 0 Å². The average Bonchev–Trinajstić information content (AvgIpc) is 2.93. The zero-order valence-electron chi connectivity index (χ0n) is 10.1. The Morgan fingerprint density at radius 1 is 1.40 bits per heavy atom. The number of allylic oxidation sites excluding steroid dienone is 1. The smallest absolute Gasteiger partial charge is 0.216 e. The van der Waals surface area contributed by atoms with Crippen molar-refractivity contribution in [1.29, 1.82) is 10.5 Å². The molecule has 0 saturated carbocycles. The number of nitrogens with zero attached hydrogens (tertiary/aromatic N) is 5. The first-order valence-electron chi connectivity index (χ1n) is 5.50. The molecule has 20 heavy (non-hydrogen) atoms. The topological polar surface area (TPSA) is 114 Å². The minimum absolute atomic E-state index is 0.103. The summed E-state index contributed by atoms with van der Waals surface area (Å²) < 4.78 is 13.4. The predicted octanol–water partition coefficient (Wildman–Crippen LogP) is 1.38. The first-order valence-corrected chi connectivity index (χ1v) is 5.50. The van der Waals surface area contributed by atoms with Crippen LogP contribution in [0.1, 0.15) is 11.4 Å². The maximum Gasteiger partial charge on any atom is 0.216 e. The first-order chi connectivity index (χ1) is 9.72. The number of H-pyrrole nitrogens is 1. The summed E-state index contributed by atoms with van der Waals surface area (Å²) >= 11 is 0. The zero-order chi connectivity index (χ0) is 14.4. The Balaban J connectivity index is 2.22. The van der Waals surface area contributed by atoms with Crippen LogP contribution in [0.2, 0.25) is 0 Å². The number of hydrogen-bond acceptors (Lipinski definition) is 6. The van der Waals surface area contributed by atoms with Gasteiger partial charge in [-0.1, -0.05) is 0 Å². The number of nitriles is 2. The van der Waals surface area contributed by atoms with Crippen LogP contribution in [0.25, 0.3) is 5.57 Å². The van der Waals surface area contributed by atoms with Gasteiger partial charge in [-0.25, -0.2) is 4.39 Å². The van der Waals surface area contributed by atoms with Gasteiger partial charge in [0.05, 0.1) is 12.5 Å². The molecule has 2 rings (SSSR count). The van der Waals surface area contributed by atoms with Crippen molar-refractivity contribution in [3.8, 4) is 12.1 Å². The normalized spacial score (nSPS) is 10.7. The Morgan fingerprint density at radius 2 is 2.25 bits per heavy atom. The lowest BCUT2D eigenvalue weighted by Gasteiger charge is -2.04. The molecule has 0 bridgehead atoms. The van der Waals surface area contributed by atoms with Crippen LogP contribution in [0.4, 0.5) is 10.1 Å². The van der Waals surface area contributed by atoms with E-state index in [1.54, 1.807) is 6.07 Å². The molecule has 1 heterocycles. The van der Waals surface area contributed by atoms with Crippen molar-refractivity contribution in [2.24, 2.45) is 0 Å². The molecule has 0 fully saturated rings. The van der Waals surface area contributed by atoms with E-state index in [9.17, 15) is 4.39 Å². The minimum atomic E-state index is -0.466. The molecule has 0 atom stereocenters. The molecular formula is C12H8FN7. The second-order valence-electron chi connectivity index (χ2n) is 3.73. The molecule has 0 aliphatic carbocycles. The van der Waals surface area contributed by atoms with E-state index in [4.69, 9.17) is 10.5 Å². The van der Waals surface area contributed by atoms with Gasteiger partial charge in [-0.2, -0.15) is 15.7 Å². The fourth-order valence-corrected chi connectivity index (χ4v) is 1.51. The van der Waals surface area contributed by atoms with Crippen LogP contribution >= 0.6 is 0 Å². The monoisotopic (exact) mass is 269 g/mol. The summed E-state index contributed by atoms with van der Waals surface area (Å²) in [5.41, 5.74) is 1.11. The average molecular weight is 269 g/mol. The van der Waals surface area contributed by atoms with E-state index in [0.29, 0.717) is 11.3 Å². The lowest BCUT2D eigenvalue weighted by Crippen LogP contribution is -1.95. The van der Waals surface area contributed by atoms with Gasteiger partial charge in [-0.05, 0) is 29.0 Å². The molecule has 0 saturated heterocycles. The Kier molecular flexibility index (Phi) is 4.00. The number of tetrazole rings is 1. The molecule has 0 unspecified atom stereocenters. The van der Waals surface area contributed by atoms with Gasteiger partial charge in [0, 0.05) is 11.9 Å². The van der Waals surface area contributed by atoms with Gasteiger partial charge >= 0.3 is 0 Å². The number of aromatic nitrogens is 4. The number of aromatic amines is 1. The largest absolute Gasteiger partial charge is 0.360 e. The first kappa shape index (κ1) is 13.2. The molecule has 1 aromatic heterocycles. The molecular weight excluding hydrogens is 261 g/mol.